The Labute approximate surface area is 202 Å². The number of nitrogens with two attached hydrogens (primary N) is 1. The van der Waals surface area contributed by atoms with Crippen molar-refractivity contribution in [1.29, 1.82) is 0 Å². The summed E-state index contributed by atoms with van der Waals surface area (Å²) in [6.07, 6.45) is -4.85. The number of thioether (sulfide) groups is 1. The Morgan fingerprint density at radius 2 is 2.17 bits per heavy atom. The molecule has 4 heterocycles. The second-order valence-electron chi connectivity index (χ2n) is 7.81. The quantitative estimate of drug-likeness (QED) is 0.235. The number of aliphatic hydroxyl groups excluding tert-OH is 1. The average molecular weight is 524 g/mol. The predicted molar refractivity (Wildman–Crippen MR) is 121 cm³/mol. The van der Waals surface area contributed by atoms with Gasteiger partial charge in [-0.05, 0) is 5.56 Å². The molecule has 5 rings (SSSR count). The Kier molecular flexibility index (Phi) is 6.40. The van der Waals surface area contributed by atoms with Gasteiger partial charge in [0.05, 0.1) is 12.4 Å². The monoisotopic (exact) mass is 524 g/mol. The Hall–Kier alpha value is -2.78. The van der Waals surface area contributed by atoms with Crippen LogP contribution in [-0.2, 0) is 29.7 Å². The molecule has 186 valence electrons. The number of nitrogens with zero attached hydrogens (tertiary/aromatic N) is 3. The maximum Gasteiger partial charge on any atom is 1.00 e. The zero-order valence-corrected chi connectivity index (χ0v) is 19.6. The van der Waals surface area contributed by atoms with Crippen molar-refractivity contribution in [1.82, 2.24) is 24.8 Å². The third kappa shape index (κ3) is 4.84. The van der Waals surface area contributed by atoms with Crippen LogP contribution in [0.25, 0.3) is 11.2 Å². The fourth-order valence-corrected chi connectivity index (χ4v) is 5.63. The Morgan fingerprint density at radius 1 is 1.40 bits per heavy atom. The van der Waals surface area contributed by atoms with Gasteiger partial charge in [0.15, 0.2) is 22.5 Å². The molecule has 0 bridgehead atoms. The van der Waals surface area contributed by atoms with Crippen molar-refractivity contribution in [3.63, 3.8) is 0 Å². The largest absolute Gasteiger partial charge is 1.00 e. The van der Waals surface area contributed by atoms with Crippen molar-refractivity contribution < 1.29 is 34.6 Å². The van der Waals surface area contributed by atoms with Crippen LogP contribution in [-0.4, -0.2) is 61.2 Å². The van der Waals surface area contributed by atoms with E-state index in [4.69, 9.17) is 15.0 Å². The number of nitrogen functional groups attached to an aromatic ring is 1. The number of carbonyl (C=O) groups excluding carboxylic acids is 1. The number of ether oxygens (including phenoxy) is 1. The first kappa shape index (κ1) is 23.9. The summed E-state index contributed by atoms with van der Waals surface area (Å²) in [5.74, 6) is -0.576. The molecule has 5 N–H and O–H groups in total. The Balaban J connectivity index is 0.00000304. The Morgan fingerprint density at radius 3 is 2.94 bits per heavy atom. The number of rotatable bonds is 6. The van der Waals surface area contributed by atoms with E-state index in [0.29, 0.717) is 6.54 Å². The lowest BCUT2D eigenvalue weighted by Gasteiger charge is -2.34. The molecule has 3 unspecified atom stereocenters. The number of benzene rings is 1. The number of amides is 1. The highest BCUT2D eigenvalue weighted by molar-refractivity contribution is 7.99. The van der Waals surface area contributed by atoms with Gasteiger partial charge in [0.25, 0.3) is 13.4 Å². The van der Waals surface area contributed by atoms with Crippen LogP contribution >= 0.6 is 19.6 Å². The van der Waals surface area contributed by atoms with Crippen molar-refractivity contribution in [2.75, 3.05) is 18.1 Å². The molecule has 35 heavy (non-hydrogen) atoms. The number of fused-ring (bicyclic) bond motifs is 2. The van der Waals surface area contributed by atoms with Gasteiger partial charge >= 0.3 is 1.43 Å². The van der Waals surface area contributed by atoms with E-state index in [9.17, 15) is 24.2 Å². The molecule has 2 saturated heterocycles. The van der Waals surface area contributed by atoms with Gasteiger partial charge in [-0.1, -0.05) is 42.1 Å². The molecule has 5 atom stereocenters. The first-order chi connectivity index (χ1) is 16.7. The van der Waals surface area contributed by atoms with Gasteiger partial charge in [-0.25, -0.2) is 4.98 Å². The summed E-state index contributed by atoms with van der Waals surface area (Å²) >= 11 is 0.979. The number of hydrogen-bond donors (Lipinski definition) is 4. The number of imidazole rings is 1. The van der Waals surface area contributed by atoms with Crippen LogP contribution in [0.4, 0.5) is 5.95 Å². The van der Waals surface area contributed by atoms with E-state index < -0.39 is 37.9 Å². The number of carbonyl (C=O) groups is 1. The number of aromatic amines is 1. The van der Waals surface area contributed by atoms with Crippen molar-refractivity contribution in [2.45, 2.75) is 36.2 Å². The van der Waals surface area contributed by atoms with Gasteiger partial charge in [0, 0.05) is 6.54 Å². The van der Waals surface area contributed by atoms with Crippen LogP contribution in [0.3, 0.4) is 0 Å². The van der Waals surface area contributed by atoms with Gasteiger partial charge < -0.3 is 34.8 Å². The van der Waals surface area contributed by atoms with E-state index in [0.717, 1.165) is 17.3 Å². The summed E-state index contributed by atoms with van der Waals surface area (Å²) in [6.45, 7) is -0.0268. The fraction of sp³-hybridized carbons (Fsp3) is 0.368. The minimum Gasteiger partial charge on any atom is -0.756 e. The van der Waals surface area contributed by atoms with Crippen molar-refractivity contribution >= 4 is 42.6 Å². The van der Waals surface area contributed by atoms with E-state index in [1.54, 1.807) is 0 Å². The highest BCUT2D eigenvalue weighted by Gasteiger charge is 2.51. The molecule has 0 saturated carbocycles. The molecule has 2 aliphatic rings. The lowest BCUT2D eigenvalue weighted by atomic mass is 10.1. The molecule has 2 aliphatic heterocycles. The van der Waals surface area contributed by atoms with E-state index in [1.165, 1.54) is 4.57 Å². The van der Waals surface area contributed by atoms with Crippen LogP contribution in [0.2, 0.25) is 0 Å². The summed E-state index contributed by atoms with van der Waals surface area (Å²) in [6, 6.07) is 9.34. The molecular weight excluding hydrogens is 503 g/mol. The normalized spacial score (nSPS) is 28.2. The first-order valence-electron chi connectivity index (χ1n) is 10.4. The lowest BCUT2D eigenvalue weighted by Crippen LogP contribution is -2.41. The molecule has 0 aliphatic carbocycles. The number of phosphoric acid groups is 1. The van der Waals surface area contributed by atoms with Crippen LogP contribution in [0.5, 0.6) is 0 Å². The van der Waals surface area contributed by atoms with E-state index in [1.807, 2.05) is 30.3 Å². The molecule has 3 aromatic rings. The zero-order chi connectivity index (χ0) is 24.7. The van der Waals surface area contributed by atoms with Gasteiger partial charge in [-0.3, -0.25) is 23.7 Å². The minimum absolute atomic E-state index is 0. The second-order valence-corrected chi connectivity index (χ2v) is 10.1. The summed E-state index contributed by atoms with van der Waals surface area (Å²) in [5.41, 5.74) is 5.89. The second kappa shape index (κ2) is 9.35. The number of nitrogens with one attached hydrogen (secondary N) is 2. The zero-order valence-electron chi connectivity index (χ0n) is 18.9. The first-order valence-corrected chi connectivity index (χ1v) is 12.8. The molecule has 0 radical (unpaired) electrons. The molecule has 2 fully saturated rings. The molecule has 0 spiro atoms. The van der Waals surface area contributed by atoms with Crippen LogP contribution < -0.4 is 21.5 Å². The summed E-state index contributed by atoms with van der Waals surface area (Å²) in [5, 5.41) is 13.8. The van der Waals surface area contributed by atoms with E-state index in [-0.39, 0.29) is 42.0 Å². The lowest BCUT2D eigenvalue weighted by molar-refractivity contribution is -0.245. The smallest absolute Gasteiger partial charge is 0.756 e. The number of hydrogen-bond acceptors (Lipinski definition) is 12. The molecule has 1 aromatic carbocycles. The number of aromatic nitrogens is 4. The van der Waals surface area contributed by atoms with Gasteiger partial charge in [0.1, 0.15) is 18.3 Å². The fourth-order valence-electron chi connectivity index (χ4n) is 3.83. The minimum atomic E-state index is -4.60. The van der Waals surface area contributed by atoms with E-state index >= 15 is 0 Å². The standard InChI is InChI=1S/C19H21N6O8PS/c20-18-23-15-12(16(28)24-18)22-19(35-8-11(26)21-6-9-4-2-1-3-5-9)25(15)17-13(27)14-10(32-17)7-31-34(29,30)33-14/h1-5,10,13-14,17,27H,6-8H2,(H,21,26)(H,29,30)(H3,20,23,24,28)/t10?,13?,14-,17-/m1/s1. The molecular formula is C19H21N6O8PS. The van der Waals surface area contributed by atoms with Crippen molar-refractivity contribution in [3.8, 4) is 0 Å². The summed E-state index contributed by atoms with van der Waals surface area (Å²) < 4.78 is 28.4. The number of anilines is 1. The SMILES string of the molecule is Nc1nc2c(nc(SCC(=O)NCc3ccccc3)n2[C@@H]2OC3COP(=O)([O-])O[C@H]3C2O)c(=O)[nH]1.[H+]. The molecule has 16 heteroatoms. The van der Waals surface area contributed by atoms with Gasteiger partial charge in [-0.15, -0.1) is 0 Å². The van der Waals surface area contributed by atoms with E-state index in [2.05, 4.69) is 24.8 Å². The van der Waals surface area contributed by atoms with Crippen molar-refractivity contribution in [2.24, 2.45) is 0 Å². The average Bonchev–Trinajstić information content (AvgIpc) is 3.33. The number of aliphatic hydroxyl groups is 1. The van der Waals surface area contributed by atoms with Gasteiger partial charge in [-0.2, -0.15) is 4.98 Å². The summed E-state index contributed by atoms with van der Waals surface area (Å²) in [4.78, 5) is 47.3. The topological polar surface area (TPSA) is 207 Å². The molecule has 14 nitrogen and oxygen atoms in total. The third-order valence-electron chi connectivity index (χ3n) is 5.41. The highest BCUT2D eigenvalue weighted by Crippen LogP contribution is 2.50. The summed E-state index contributed by atoms with van der Waals surface area (Å²) in [7, 11) is -4.60. The number of phosphoric ester groups is 1. The Bertz CT molecular complexity index is 1370. The predicted octanol–water partition coefficient (Wildman–Crippen LogP) is -0.635. The van der Waals surface area contributed by atoms with Crippen LogP contribution in [0, 0.1) is 0 Å². The maximum atomic E-state index is 12.4. The van der Waals surface area contributed by atoms with Gasteiger partial charge in [0.2, 0.25) is 11.9 Å². The highest BCUT2D eigenvalue weighted by atomic mass is 32.2. The van der Waals surface area contributed by atoms with Crippen molar-refractivity contribution in [3.05, 3.63) is 46.2 Å². The third-order valence-corrected chi connectivity index (χ3v) is 7.33. The maximum absolute atomic E-state index is 12.4. The number of H-pyrrole nitrogens is 1. The molecule has 1 amide bonds. The molecule has 2 aromatic heterocycles. The van der Waals surface area contributed by atoms with Crippen LogP contribution in [0.1, 0.15) is 13.2 Å². The van der Waals surface area contributed by atoms with Crippen LogP contribution in [0.15, 0.2) is 40.3 Å².